The molecule has 0 spiro atoms. The number of carboxylic acids is 1. The standard InChI is InChI=1S/C12H13ClN2O2.C12H12/c1-7(12(16)17)8(2)15-9(3)10-4-5-14-11(13)6-10;1-2-10-7-5-8-11-6-3-4-9-12(10)11/h4-6H,1-3H3,(H,16,17);3-9H,2H2,1H3/b8-7+,15-9?;. The van der Waals surface area contributed by atoms with E-state index in [-0.39, 0.29) is 5.57 Å². The second-order valence-electron chi connectivity index (χ2n) is 6.57. The van der Waals surface area contributed by atoms with Crippen LogP contribution >= 0.6 is 11.6 Å². The number of allylic oxidation sites excluding steroid dienone is 1. The third kappa shape index (κ3) is 6.26. The van der Waals surface area contributed by atoms with Gasteiger partial charge in [0.15, 0.2) is 0 Å². The molecule has 1 N–H and O–H groups in total. The van der Waals surface area contributed by atoms with E-state index >= 15 is 0 Å². The maximum atomic E-state index is 10.8. The fraction of sp³-hybridized carbons (Fsp3) is 0.208. The van der Waals surface area contributed by atoms with E-state index in [0.717, 1.165) is 12.0 Å². The molecule has 0 atom stereocenters. The van der Waals surface area contributed by atoms with Crippen LogP contribution in [0.15, 0.2) is 77.1 Å². The van der Waals surface area contributed by atoms with Crippen LogP contribution in [0.25, 0.3) is 10.8 Å². The van der Waals surface area contributed by atoms with Crippen molar-refractivity contribution >= 4 is 34.1 Å². The smallest absolute Gasteiger partial charge is 0.333 e. The number of carbonyl (C=O) groups is 1. The van der Waals surface area contributed by atoms with Crippen LogP contribution in [0.1, 0.15) is 38.8 Å². The Hall–Kier alpha value is -2.98. The average Bonchev–Trinajstić information content (AvgIpc) is 2.73. The molecule has 3 rings (SSSR count). The van der Waals surface area contributed by atoms with Crippen molar-refractivity contribution in [2.75, 3.05) is 0 Å². The van der Waals surface area contributed by atoms with Gasteiger partial charge < -0.3 is 5.11 Å². The predicted octanol–water partition coefficient (Wildman–Crippen LogP) is 6.32. The Kier molecular flexibility index (Phi) is 8.10. The molecule has 0 amide bonds. The summed E-state index contributed by atoms with van der Waals surface area (Å²) in [5.74, 6) is -0.966. The van der Waals surface area contributed by atoms with Gasteiger partial charge in [0, 0.05) is 23.2 Å². The Bertz CT molecular complexity index is 1070. The number of benzene rings is 2. The minimum absolute atomic E-state index is 0.226. The van der Waals surface area contributed by atoms with Gasteiger partial charge >= 0.3 is 5.97 Å². The maximum absolute atomic E-state index is 10.8. The molecule has 1 aromatic heterocycles. The van der Waals surface area contributed by atoms with Crippen molar-refractivity contribution in [1.82, 2.24) is 4.98 Å². The number of pyridine rings is 1. The Labute approximate surface area is 176 Å². The summed E-state index contributed by atoms with van der Waals surface area (Å²) >= 11 is 5.77. The monoisotopic (exact) mass is 408 g/mol. The molecule has 0 fully saturated rings. The Morgan fingerprint density at radius 3 is 2.41 bits per heavy atom. The SMILES string of the molecule is CC(=N/C(C)=C(\C)C(=O)O)c1ccnc(Cl)c1.CCc1cccc2ccccc12. The first-order valence-electron chi connectivity index (χ1n) is 9.38. The number of carboxylic acid groups (broad SMARTS) is 1. The summed E-state index contributed by atoms with van der Waals surface area (Å²) in [6.45, 7) is 7.18. The number of nitrogens with zero attached hydrogens (tertiary/aromatic N) is 2. The number of fused-ring (bicyclic) bond motifs is 1. The first-order valence-corrected chi connectivity index (χ1v) is 9.76. The lowest BCUT2D eigenvalue weighted by atomic mass is 10.0. The van der Waals surface area contributed by atoms with Gasteiger partial charge in [-0.05, 0) is 55.7 Å². The summed E-state index contributed by atoms with van der Waals surface area (Å²) in [5, 5.41) is 11.9. The van der Waals surface area contributed by atoms with Gasteiger partial charge in [-0.25, -0.2) is 9.78 Å². The molecule has 0 aliphatic heterocycles. The molecule has 0 bridgehead atoms. The fourth-order valence-electron chi connectivity index (χ4n) is 2.78. The predicted molar refractivity (Wildman–Crippen MR) is 121 cm³/mol. The molecule has 5 heteroatoms. The zero-order valence-electron chi connectivity index (χ0n) is 17.1. The van der Waals surface area contributed by atoms with Crippen LogP contribution in [0.4, 0.5) is 0 Å². The van der Waals surface area contributed by atoms with E-state index in [0.29, 0.717) is 16.6 Å². The normalized spacial score (nSPS) is 12.1. The number of hydrogen-bond acceptors (Lipinski definition) is 3. The summed E-state index contributed by atoms with van der Waals surface area (Å²) in [6.07, 6.45) is 2.70. The molecule has 3 aromatic rings. The molecule has 0 radical (unpaired) electrons. The minimum atomic E-state index is -0.966. The van der Waals surface area contributed by atoms with Crippen LogP contribution in [-0.4, -0.2) is 21.8 Å². The molecule has 0 aliphatic rings. The van der Waals surface area contributed by atoms with E-state index in [2.05, 4.69) is 59.4 Å². The minimum Gasteiger partial charge on any atom is -0.478 e. The van der Waals surface area contributed by atoms with Gasteiger partial charge in [-0.15, -0.1) is 0 Å². The van der Waals surface area contributed by atoms with Crippen LogP contribution in [0, 0.1) is 0 Å². The molecular formula is C24H25ClN2O2. The van der Waals surface area contributed by atoms with Gasteiger partial charge in [-0.1, -0.05) is 61.0 Å². The van der Waals surface area contributed by atoms with Crippen LogP contribution in [0.2, 0.25) is 5.15 Å². The summed E-state index contributed by atoms with van der Waals surface area (Å²) < 4.78 is 0. The topological polar surface area (TPSA) is 62.5 Å². The van der Waals surface area contributed by atoms with Gasteiger partial charge in [0.1, 0.15) is 5.15 Å². The van der Waals surface area contributed by atoms with Crippen molar-refractivity contribution in [1.29, 1.82) is 0 Å². The molecule has 0 saturated carbocycles. The molecule has 0 unspecified atom stereocenters. The number of aliphatic carboxylic acids is 1. The summed E-state index contributed by atoms with van der Waals surface area (Å²) in [5.41, 5.74) is 3.66. The van der Waals surface area contributed by atoms with E-state index < -0.39 is 5.97 Å². The van der Waals surface area contributed by atoms with Crippen molar-refractivity contribution in [2.45, 2.75) is 34.1 Å². The number of hydrogen-bond donors (Lipinski definition) is 1. The Balaban J connectivity index is 0.000000218. The van der Waals surface area contributed by atoms with Gasteiger partial charge in [-0.2, -0.15) is 0 Å². The van der Waals surface area contributed by atoms with Crippen molar-refractivity contribution in [3.63, 3.8) is 0 Å². The third-order valence-corrected chi connectivity index (χ3v) is 4.81. The van der Waals surface area contributed by atoms with E-state index in [1.165, 1.54) is 23.3 Å². The lowest BCUT2D eigenvalue weighted by Crippen LogP contribution is -2.01. The maximum Gasteiger partial charge on any atom is 0.333 e. The third-order valence-electron chi connectivity index (χ3n) is 4.60. The Morgan fingerprint density at radius 2 is 1.76 bits per heavy atom. The van der Waals surface area contributed by atoms with Gasteiger partial charge in [-0.3, -0.25) is 4.99 Å². The lowest BCUT2D eigenvalue weighted by molar-refractivity contribution is -0.132. The highest BCUT2D eigenvalue weighted by Crippen LogP contribution is 2.18. The van der Waals surface area contributed by atoms with Crippen LogP contribution in [0.5, 0.6) is 0 Å². The molecule has 1 heterocycles. The van der Waals surface area contributed by atoms with Crippen LogP contribution in [-0.2, 0) is 11.2 Å². The lowest BCUT2D eigenvalue weighted by Gasteiger charge is -2.03. The number of rotatable bonds is 4. The van der Waals surface area contributed by atoms with Gasteiger partial charge in [0.25, 0.3) is 0 Å². The second-order valence-corrected chi connectivity index (χ2v) is 6.96. The fourth-order valence-corrected chi connectivity index (χ4v) is 2.96. The largest absolute Gasteiger partial charge is 0.478 e. The molecule has 2 aromatic carbocycles. The molecular weight excluding hydrogens is 384 g/mol. The zero-order valence-corrected chi connectivity index (χ0v) is 17.9. The van der Waals surface area contributed by atoms with Crippen LogP contribution in [0.3, 0.4) is 0 Å². The first-order chi connectivity index (χ1) is 13.8. The van der Waals surface area contributed by atoms with Crippen LogP contribution < -0.4 is 0 Å². The summed E-state index contributed by atoms with van der Waals surface area (Å²) in [7, 11) is 0. The van der Waals surface area contributed by atoms with E-state index in [9.17, 15) is 4.79 Å². The number of halogens is 1. The summed E-state index contributed by atoms with van der Waals surface area (Å²) in [4.78, 5) is 18.9. The highest BCUT2D eigenvalue weighted by atomic mass is 35.5. The van der Waals surface area contributed by atoms with E-state index in [4.69, 9.17) is 16.7 Å². The molecule has 150 valence electrons. The second kappa shape index (κ2) is 10.5. The number of aryl methyl sites for hydroxylation is 1. The highest BCUT2D eigenvalue weighted by Gasteiger charge is 2.05. The zero-order chi connectivity index (χ0) is 21.4. The quantitative estimate of drug-likeness (QED) is 0.312. The molecule has 29 heavy (non-hydrogen) atoms. The number of aromatic nitrogens is 1. The van der Waals surface area contributed by atoms with Crippen molar-refractivity contribution in [3.05, 3.63) is 88.3 Å². The van der Waals surface area contributed by atoms with E-state index in [1.54, 1.807) is 32.2 Å². The average molecular weight is 409 g/mol. The van der Waals surface area contributed by atoms with Crippen molar-refractivity contribution in [2.24, 2.45) is 4.99 Å². The van der Waals surface area contributed by atoms with E-state index in [1.807, 2.05) is 0 Å². The molecule has 4 nitrogen and oxygen atoms in total. The van der Waals surface area contributed by atoms with Crippen molar-refractivity contribution < 1.29 is 9.90 Å². The summed E-state index contributed by atoms with van der Waals surface area (Å²) in [6, 6.07) is 18.5. The van der Waals surface area contributed by atoms with Gasteiger partial charge in [0.2, 0.25) is 0 Å². The van der Waals surface area contributed by atoms with Crippen molar-refractivity contribution in [3.8, 4) is 0 Å². The first kappa shape index (κ1) is 22.3. The molecule has 0 saturated heterocycles. The van der Waals surface area contributed by atoms with Gasteiger partial charge in [0.05, 0.1) is 5.57 Å². The number of aliphatic imine (C=N–C) groups is 1. The Morgan fingerprint density at radius 1 is 1.07 bits per heavy atom. The highest BCUT2D eigenvalue weighted by molar-refractivity contribution is 6.29. The molecule has 0 aliphatic carbocycles.